The van der Waals surface area contributed by atoms with Crippen LogP contribution >= 0.6 is 0 Å². The van der Waals surface area contributed by atoms with Gasteiger partial charge in [-0.1, -0.05) is 13.8 Å². The first-order valence-electron chi connectivity index (χ1n) is 10.1. The second-order valence-electron chi connectivity index (χ2n) is 8.78. The Morgan fingerprint density at radius 1 is 1.34 bits per heavy atom. The summed E-state index contributed by atoms with van der Waals surface area (Å²) in [5.74, 6) is -0.875. The van der Waals surface area contributed by atoms with Crippen molar-refractivity contribution < 1.29 is 22.4 Å². The van der Waals surface area contributed by atoms with Crippen LogP contribution in [0.3, 0.4) is 0 Å². The minimum absolute atomic E-state index is 0.0878. The van der Waals surface area contributed by atoms with Gasteiger partial charge in [-0.3, -0.25) is 14.5 Å². The van der Waals surface area contributed by atoms with Crippen LogP contribution in [0, 0.1) is 11.8 Å². The molecule has 10 heteroatoms. The second kappa shape index (κ2) is 7.09. The molecule has 1 aliphatic carbocycles. The Morgan fingerprint density at radius 3 is 2.62 bits per heavy atom. The maximum absolute atomic E-state index is 13.2. The molecule has 3 heterocycles. The molecule has 1 aromatic heterocycles. The first-order valence-corrected chi connectivity index (χ1v) is 11.9. The number of amides is 2. The van der Waals surface area contributed by atoms with E-state index >= 15 is 0 Å². The molecule has 3 fully saturated rings. The molecule has 0 N–H and O–H groups in total. The van der Waals surface area contributed by atoms with Gasteiger partial charge in [-0.25, -0.2) is 17.7 Å². The van der Waals surface area contributed by atoms with Gasteiger partial charge in [-0.05, 0) is 32.2 Å². The van der Waals surface area contributed by atoms with Gasteiger partial charge in [0.2, 0.25) is 21.8 Å². The Labute approximate surface area is 171 Å². The molecule has 4 rings (SSSR count). The van der Waals surface area contributed by atoms with E-state index < -0.39 is 33.9 Å². The van der Waals surface area contributed by atoms with Crippen LogP contribution in [0.15, 0.2) is 10.7 Å². The molecule has 2 saturated heterocycles. The van der Waals surface area contributed by atoms with Crippen LogP contribution in [0.1, 0.15) is 49.5 Å². The number of oxazole rings is 1. The molecule has 9 nitrogen and oxygen atoms in total. The maximum Gasteiger partial charge on any atom is 0.276 e. The third kappa shape index (κ3) is 3.56. The van der Waals surface area contributed by atoms with Gasteiger partial charge in [0.25, 0.3) is 5.91 Å². The van der Waals surface area contributed by atoms with E-state index in [0.29, 0.717) is 31.4 Å². The average molecular weight is 425 g/mol. The smallest absolute Gasteiger partial charge is 0.276 e. The number of carbonyl (C=O) groups excluding carboxylic acids is 2. The lowest BCUT2D eigenvalue weighted by atomic mass is 9.88. The topological polar surface area (TPSA) is 104 Å². The molecular weight excluding hydrogens is 396 g/mol. The van der Waals surface area contributed by atoms with Gasteiger partial charge >= 0.3 is 0 Å². The third-order valence-electron chi connectivity index (χ3n) is 6.25. The Balaban J connectivity index is 1.57. The lowest BCUT2D eigenvalue weighted by Crippen LogP contribution is -2.44. The lowest BCUT2D eigenvalue weighted by molar-refractivity contribution is -0.129. The Kier molecular flexibility index (Phi) is 4.97. The number of fused-ring (bicyclic) bond motifs is 1. The van der Waals surface area contributed by atoms with E-state index in [9.17, 15) is 18.0 Å². The molecular formula is C19H28N4O5S. The number of likely N-dealkylation sites (tertiary alicyclic amines) is 1. The minimum Gasteiger partial charge on any atom is -0.447 e. The quantitative estimate of drug-likeness (QED) is 0.669. The van der Waals surface area contributed by atoms with Crippen molar-refractivity contribution in [3.05, 3.63) is 17.8 Å². The summed E-state index contributed by atoms with van der Waals surface area (Å²) < 4.78 is 31.0. The van der Waals surface area contributed by atoms with Gasteiger partial charge in [-0.15, -0.1) is 0 Å². The highest BCUT2D eigenvalue weighted by Gasteiger charge is 2.58. The number of sulfonamides is 1. The number of carbonyl (C=O) groups is 2. The first-order chi connectivity index (χ1) is 13.6. The normalized spacial score (nSPS) is 27.4. The van der Waals surface area contributed by atoms with E-state index in [4.69, 9.17) is 4.42 Å². The molecule has 2 aliphatic heterocycles. The largest absolute Gasteiger partial charge is 0.447 e. The molecule has 0 aromatic carbocycles. The SMILES string of the molecule is CC(C)[C@H]1C(=O)N(S(C)(=O)=O)[C@H]2CCN(C(=O)c3coc(CN(C)C4CC4)n3)[C@H]12. The molecule has 1 aromatic rings. The van der Waals surface area contributed by atoms with Gasteiger partial charge in [0.15, 0.2) is 5.69 Å². The summed E-state index contributed by atoms with van der Waals surface area (Å²) in [6.07, 6.45) is 5.19. The molecule has 3 atom stereocenters. The summed E-state index contributed by atoms with van der Waals surface area (Å²) in [6, 6.07) is -0.432. The van der Waals surface area contributed by atoms with E-state index in [1.165, 1.54) is 19.1 Å². The molecule has 0 radical (unpaired) electrons. The zero-order valence-corrected chi connectivity index (χ0v) is 18.1. The van der Waals surface area contributed by atoms with E-state index in [1.807, 2.05) is 20.9 Å². The highest BCUT2D eigenvalue weighted by Crippen LogP contribution is 2.41. The number of nitrogens with zero attached hydrogens (tertiary/aromatic N) is 4. The molecule has 0 unspecified atom stereocenters. The van der Waals surface area contributed by atoms with Crippen molar-refractivity contribution in [3.8, 4) is 0 Å². The Hall–Kier alpha value is -1.94. The summed E-state index contributed by atoms with van der Waals surface area (Å²) in [7, 11) is -1.69. The summed E-state index contributed by atoms with van der Waals surface area (Å²) in [5, 5.41) is 0. The van der Waals surface area contributed by atoms with Gasteiger partial charge < -0.3 is 9.32 Å². The number of rotatable bonds is 6. The number of aromatic nitrogens is 1. The highest BCUT2D eigenvalue weighted by atomic mass is 32.2. The monoisotopic (exact) mass is 424 g/mol. The van der Waals surface area contributed by atoms with E-state index in [1.54, 1.807) is 4.90 Å². The van der Waals surface area contributed by atoms with Crippen LogP contribution in [0.25, 0.3) is 0 Å². The minimum atomic E-state index is -3.69. The zero-order valence-electron chi connectivity index (χ0n) is 17.2. The van der Waals surface area contributed by atoms with Crippen molar-refractivity contribution in [2.75, 3.05) is 19.8 Å². The second-order valence-corrected chi connectivity index (χ2v) is 10.6. The third-order valence-corrected chi connectivity index (χ3v) is 7.42. The fourth-order valence-corrected chi connectivity index (χ4v) is 5.93. The Bertz CT molecular complexity index is 923. The fourth-order valence-electron chi connectivity index (χ4n) is 4.76. The van der Waals surface area contributed by atoms with Gasteiger partial charge in [0, 0.05) is 12.6 Å². The summed E-state index contributed by atoms with van der Waals surface area (Å²) in [4.78, 5) is 34.2. The van der Waals surface area contributed by atoms with Crippen molar-refractivity contribution in [2.24, 2.45) is 11.8 Å². The summed E-state index contributed by atoms with van der Waals surface area (Å²) >= 11 is 0. The van der Waals surface area contributed by atoms with Crippen LogP contribution in [0.4, 0.5) is 0 Å². The van der Waals surface area contributed by atoms with Gasteiger partial charge in [-0.2, -0.15) is 0 Å². The molecule has 29 heavy (non-hydrogen) atoms. The molecule has 2 amide bonds. The molecule has 160 valence electrons. The van der Waals surface area contributed by atoms with Crippen molar-refractivity contribution in [3.63, 3.8) is 0 Å². The maximum atomic E-state index is 13.2. The van der Waals surface area contributed by atoms with E-state index in [0.717, 1.165) is 10.6 Å². The number of hydrogen-bond donors (Lipinski definition) is 0. The highest BCUT2D eigenvalue weighted by molar-refractivity contribution is 7.88. The van der Waals surface area contributed by atoms with Crippen molar-refractivity contribution >= 4 is 21.8 Å². The van der Waals surface area contributed by atoms with Crippen LogP contribution in [-0.2, 0) is 21.4 Å². The van der Waals surface area contributed by atoms with E-state index in [2.05, 4.69) is 9.88 Å². The summed E-state index contributed by atoms with van der Waals surface area (Å²) in [5.41, 5.74) is 0.206. The average Bonchev–Trinajstić information content (AvgIpc) is 3.12. The molecule has 0 bridgehead atoms. The van der Waals surface area contributed by atoms with Gasteiger partial charge in [0.1, 0.15) is 6.26 Å². The standard InChI is InChI=1S/C19H28N4O5S/c1-11(2)16-17-14(23(19(16)25)29(4,26)27)7-8-22(17)18(24)13-10-28-15(20-13)9-21(3)12-5-6-12/h10-12,14,16-17H,5-9H2,1-4H3/t14-,16+,17-/m0/s1. The molecule has 0 spiro atoms. The molecule has 1 saturated carbocycles. The van der Waals surface area contributed by atoms with E-state index in [-0.39, 0.29) is 17.5 Å². The van der Waals surface area contributed by atoms with Crippen molar-refractivity contribution in [1.82, 2.24) is 19.1 Å². The van der Waals surface area contributed by atoms with Crippen molar-refractivity contribution in [2.45, 2.75) is 57.8 Å². The summed E-state index contributed by atoms with van der Waals surface area (Å²) in [6.45, 7) is 4.70. The van der Waals surface area contributed by atoms with Crippen LogP contribution in [-0.4, -0.2) is 77.3 Å². The van der Waals surface area contributed by atoms with Crippen LogP contribution < -0.4 is 0 Å². The van der Waals surface area contributed by atoms with Crippen LogP contribution in [0.2, 0.25) is 0 Å². The van der Waals surface area contributed by atoms with Crippen LogP contribution in [0.5, 0.6) is 0 Å². The zero-order chi connectivity index (χ0) is 21.1. The fraction of sp³-hybridized carbons (Fsp3) is 0.737. The Morgan fingerprint density at radius 2 is 2.03 bits per heavy atom. The van der Waals surface area contributed by atoms with Crippen molar-refractivity contribution in [1.29, 1.82) is 0 Å². The predicted molar refractivity (Wildman–Crippen MR) is 104 cm³/mol. The first kappa shape index (κ1) is 20.3. The van der Waals surface area contributed by atoms with Gasteiger partial charge in [0.05, 0.1) is 30.8 Å². The number of hydrogen-bond acceptors (Lipinski definition) is 7. The molecule has 3 aliphatic rings. The predicted octanol–water partition coefficient (Wildman–Crippen LogP) is 0.926. The lowest BCUT2D eigenvalue weighted by Gasteiger charge is -2.28.